The minimum absolute atomic E-state index is 0. The van der Waals surface area contributed by atoms with Gasteiger partial charge in [0.1, 0.15) is 0 Å². The summed E-state index contributed by atoms with van der Waals surface area (Å²) in [6, 6.07) is 8.07. The Morgan fingerprint density at radius 3 is 1.00 bits per heavy atom. The van der Waals surface area contributed by atoms with Crippen molar-refractivity contribution >= 4 is 22.7 Å². The molecular weight excluding hydrogens is 231 g/mol. The molecule has 0 atom stereocenters. The summed E-state index contributed by atoms with van der Waals surface area (Å²) >= 11 is 3.43. The van der Waals surface area contributed by atoms with E-state index in [9.17, 15) is 0 Å². The van der Waals surface area contributed by atoms with Crippen LogP contribution in [0.2, 0.25) is 0 Å². The summed E-state index contributed by atoms with van der Waals surface area (Å²) in [6.45, 7) is 0. The van der Waals surface area contributed by atoms with Crippen LogP contribution < -0.4 is 18.9 Å². The van der Waals surface area contributed by atoms with E-state index in [1.165, 1.54) is 0 Å². The number of rotatable bonds is 0. The maximum absolute atomic E-state index is 2.04. The van der Waals surface area contributed by atoms with Gasteiger partial charge in [0.05, 0.1) is 0 Å². The molecule has 2 aromatic heterocycles. The smallest absolute Gasteiger partial charge is 1.00 e. The molecule has 0 spiro atoms. The second kappa shape index (κ2) is 11.5. The molecule has 0 nitrogen and oxygen atoms in total. The van der Waals surface area contributed by atoms with Crippen LogP contribution in [0, 0.1) is 0 Å². The van der Waals surface area contributed by atoms with Gasteiger partial charge in [0.2, 0.25) is 0 Å². The molecule has 0 aliphatic carbocycles. The molecule has 2 aromatic rings. The van der Waals surface area contributed by atoms with Gasteiger partial charge in [-0.3, -0.25) is 0 Å². The summed E-state index contributed by atoms with van der Waals surface area (Å²) in [7, 11) is 0. The molecule has 4 heteroatoms. The Labute approximate surface area is 105 Å². The number of hydrogen-bond acceptors (Lipinski definition) is 2. The Balaban J connectivity index is -0.000000125. The van der Waals surface area contributed by atoms with Crippen molar-refractivity contribution < 1.29 is 37.4 Å². The average molecular weight is 240 g/mol. The second-order valence-electron chi connectivity index (χ2n) is 1.59. The van der Waals surface area contributed by atoms with E-state index >= 15 is 0 Å². The van der Waals surface area contributed by atoms with Crippen molar-refractivity contribution in [3.05, 3.63) is 45.8 Å². The van der Waals surface area contributed by atoms with Gasteiger partial charge in [-0.1, -0.05) is 24.3 Å². The van der Waals surface area contributed by atoms with Gasteiger partial charge in [-0.2, -0.15) is 22.7 Å². The fourth-order valence-corrected chi connectivity index (χ4v) is 1.36. The SMILES string of the molecule is [Cu].[H-].[Li+].c1ccsc1.c1ccsc1. The van der Waals surface area contributed by atoms with Crippen LogP contribution >= 0.6 is 22.7 Å². The van der Waals surface area contributed by atoms with E-state index in [0.717, 1.165) is 0 Å². The first-order valence-corrected chi connectivity index (χ1v) is 4.83. The van der Waals surface area contributed by atoms with Crippen LogP contribution in [-0.4, -0.2) is 0 Å². The van der Waals surface area contributed by atoms with Crippen molar-refractivity contribution in [3.8, 4) is 0 Å². The van der Waals surface area contributed by atoms with Crippen molar-refractivity contribution in [1.29, 1.82) is 0 Å². The second-order valence-corrected chi connectivity index (χ2v) is 3.22. The van der Waals surface area contributed by atoms with E-state index in [4.69, 9.17) is 0 Å². The Morgan fingerprint density at radius 2 is 0.917 bits per heavy atom. The molecule has 0 bridgehead atoms. The molecule has 0 aromatic carbocycles. The predicted molar refractivity (Wildman–Crippen MR) is 49.8 cm³/mol. The van der Waals surface area contributed by atoms with E-state index in [1.807, 2.05) is 45.8 Å². The zero-order valence-corrected chi connectivity index (χ0v) is 9.31. The van der Waals surface area contributed by atoms with Crippen molar-refractivity contribution in [2.75, 3.05) is 0 Å². The summed E-state index contributed by atoms with van der Waals surface area (Å²) in [5, 5.41) is 8.17. The van der Waals surface area contributed by atoms with Crippen LogP contribution in [0.1, 0.15) is 1.43 Å². The van der Waals surface area contributed by atoms with Gasteiger partial charge in [0, 0.05) is 17.1 Å². The molecule has 0 aliphatic rings. The Bertz CT molecular complexity index is 161. The third kappa shape index (κ3) is 8.61. The fourth-order valence-electron chi connectivity index (χ4n) is 0.454. The zero-order chi connectivity index (χ0) is 7.07. The molecule has 0 N–H and O–H groups in total. The summed E-state index contributed by atoms with van der Waals surface area (Å²) in [5.74, 6) is 0. The third-order valence-electron chi connectivity index (χ3n) is 0.851. The van der Waals surface area contributed by atoms with E-state index < -0.39 is 0 Å². The van der Waals surface area contributed by atoms with Crippen molar-refractivity contribution in [3.63, 3.8) is 0 Å². The molecule has 0 amide bonds. The van der Waals surface area contributed by atoms with Crippen LogP contribution in [-0.2, 0) is 17.1 Å². The van der Waals surface area contributed by atoms with E-state index in [0.29, 0.717) is 0 Å². The fraction of sp³-hybridized carbons (Fsp3) is 0. The first kappa shape index (κ1) is 15.0. The van der Waals surface area contributed by atoms with E-state index in [2.05, 4.69) is 0 Å². The molecule has 1 radical (unpaired) electrons. The first-order valence-electron chi connectivity index (χ1n) is 2.94. The van der Waals surface area contributed by atoms with Crippen LogP contribution in [0.5, 0.6) is 0 Å². The molecule has 2 rings (SSSR count). The van der Waals surface area contributed by atoms with E-state index in [-0.39, 0.29) is 37.4 Å². The average Bonchev–Trinajstić information content (AvgIpc) is 2.67. The van der Waals surface area contributed by atoms with Gasteiger partial charge in [-0.15, -0.1) is 0 Å². The van der Waals surface area contributed by atoms with Crippen molar-refractivity contribution in [2.45, 2.75) is 0 Å². The normalized spacial score (nSPS) is 6.67. The molecule has 0 aliphatic heterocycles. The minimum Gasteiger partial charge on any atom is -1.00 e. The van der Waals surface area contributed by atoms with Crippen molar-refractivity contribution in [2.24, 2.45) is 0 Å². The molecule has 0 saturated carbocycles. The molecule has 65 valence electrons. The van der Waals surface area contributed by atoms with E-state index in [1.54, 1.807) is 22.7 Å². The molecule has 0 unspecified atom stereocenters. The summed E-state index contributed by atoms with van der Waals surface area (Å²) < 4.78 is 0. The molecular formula is C8H9CuLiS2. The van der Waals surface area contributed by atoms with Gasteiger partial charge in [0.15, 0.2) is 0 Å². The Hall–Kier alpha value is 0.517. The van der Waals surface area contributed by atoms with Gasteiger partial charge in [0.25, 0.3) is 0 Å². The maximum Gasteiger partial charge on any atom is 1.00 e. The molecule has 2 heterocycles. The van der Waals surface area contributed by atoms with Crippen LogP contribution in [0.3, 0.4) is 0 Å². The van der Waals surface area contributed by atoms with Crippen LogP contribution in [0.15, 0.2) is 45.8 Å². The van der Waals surface area contributed by atoms with Gasteiger partial charge >= 0.3 is 18.9 Å². The van der Waals surface area contributed by atoms with Crippen LogP contribution in [0.4, 0.5) is 0 Å². The molecule has 12 heavy (non-hydrogen) atoms. The largest absolute Gasteiger partial charge is 1.00 e. The Morgan fingerprint density at radius 1 is 0.667 bits per heavy atom. The summed E-state index contributed by atoms with van der Waals surface area (Å²) in [5.41, 5.74) is 0. The topological polar surface area (TPSA) is 0 Å². The van der Waals surface area contributed by atoms with Crippen LogP contribution in [0.25, 0.3) is 0 Å². The molecule has 0 fully saturated rings. The summed E-state index contributed by atoms with van der Waals surface area (Å²) in [4.78, 5) is 0. The van der Waals surface area contributed by atoms with Crippen molar-refractivity contribution in [1.82, 2.24) is 0 Å². The van der Waals surface area contributed by atoms with Gasteiger partial charge in [-0.05, 0) is 21.5 Å². The first-order chi connectivity index (χ1) is 5.00. The number of hydrogen-bond donors (Lipinski definition) is 0. The number of thiophene rings is 2. The quantitative estimate of drug-likeness (QED) is 0.591. The standard InChI is InChI=1S/2C4H4S.Cu.Li.H/c2*1-2-4-5-3-1;;;/h2*1-4H;;;/q;;;+1;-1. The molecule has 0 saturated heterocycles. The Kier molecular flexibility index (Phi) is 14.4. The monoisotopic (exact) mass is 239 g/mol. The third-order valence-corrected chi connectivity index (χ3v) is 2.11. The minimum atomic E-state index is 0. The summed E-state index contributed by atoms with van der Waals surface area (Å²) in [6.07, 6.45) is 0. The predicted octanol–water partition coefficient (Wildman–Crippen LogP) is 0.610. The maximum atomic E-state index is 2.04. The van der Waals surface area contributed by atoms with Gasteiger partial charge < -0.3 is 1.43 Å². The van der Waals surface area contributed by atoms with Gasteiger partial charge in [-0.25, -0.2) is 0 Å². The zero-order valence-electron chi connectivity index (χ0n) is 7.74.